The van der Waals surface area contributed by atoms with Crippen LogP contribution in [0.3, 0.4) is 0 Å². The third kappa shape index (κ3) is 1.75. The summed E-state index contributed by atoms with van der Waals surface area (Å²) in [5.41, 5.74) is 2.25. The number of rotatable bonds is 3. The molecule has 1 aromatic heterocycles. The Morgan fingerprint density at radius 3 is 2.65 bits per heavy atom. The fourth-order valence-corrected chi connectivity index (χ4v) is 2.13. The smallest absolute Gasteiger partial charge is 0.352 e. The molecule has 17 heavy (non-hydrogen) atoms. The van der Waals surface area contributed by atoms with Crippen LogP contribution in [0.25, 0.3) is 10.9 Å². The van der Waals surface area contributed by atoms with Crippen LogP contribution in [0.15, 0.2) is 18.2 Å². The third-order valence-corrected chi connectivity index (χ3v) is 2.95. The molecule has 2 aromatic rings. The molecule has 0 bridgehead atoms. The van der Waals surface area contributed by atoms with Gasteiger partial charge in [-0.2, -0.15) is 0 Å². The predicted octanol–water partition coefficient (Wildman–Crippen LogP) is 2.68. The molecular formula is C13H15NO3. The standard InChI is InChI=1S/C13H15NO3/c1-4-14-10-5-8(2)12(17-3)7-9(10)6-11(14)13(15)16/h5-7H,4H2,1-3H3,(H,15,16). The second-order valence-electron chi connectivity index (χ2n) is 3.96. The number of hydrogen-bond acceptors (Lipinski definition) is 2. The average molecular weight is 233 g/mol. The van der Waals surface area contributed by atoms with Gasteiger partial charge in [-0.3, -0.25) is 0 Å². The van der Waals surface area contributed by atoms with Crippen molar-refractivity contribution in [2.75, 3.05) is 7.11 Å². The number of aromatic carboxylic acids is 1. The Hall–Kier alpha value is -1.97. The molecule has 4 nitrogen and oxygen atoms in total. The summed E-state index contributed by atoms with van der Waals surface area (Å²) in [5, 5.41) is 10.0. The summed E-state index contributed by atoms with van der Waals surface area (Å²) in [7, 11) is 1.61. The first-order valence-corrected chi connectivity index (χ1v) is 5.49. The minimum Gasteiger partial charge on any atom is -0.496 e. The van der Waals surface area contributed by atoms with Gasteiger partial charge in [-0.15, -0.1) is 0 Å². The van der Waals surface area contributed by atoms with E-state index in [9.17, 15) is 4.79 Å². The van der Waals surface area contributed by atoms with Crippen LogP contribution in [-0.4, -0.2) is 22.8 Å². The van der Waals surface area contributed by atoms with Crippen LogP contribution in [-0.2, 0) is 6.54 Å². The van der Waals surface area contributed by atoms with Crippen molar-refractivity contribution in [3.63, 3.8) is 0 Å². The zero-order chi connectivity index (χ0) is 12.6. The topological polar surface area (TPSA) is 51.5 Å². The van der Waals surface area contributed by atoms with Gasteiger partial charge in [-0.25, -0.2) is 4.79 Å². The molecule has 0 spiro atoms. The lowest BCUT2D eigenvalue weighted by Gasteiger charge is -2.07. The van der Waals surface area contributed by atoms with Crippen molar-refractivity contribution in [3.8, 4) is 5.75 Å². The van der Waals surface area contributed by atoms with E-state index >= 15 is 0 Å². The quantitative estimate of drug-likeness (QED) is 0.886. The van der Waals surface area contributed by atoms with Crippen LogP contribution in [0.2, 0.25) is 0 Å². The van der Waals surface area contributed by atoms with Crippen molar-refractivity contribution < 1.29 is 14.6 Å². The maximum absolute atomic E-state index is 11.1. The highest BCUT2D eigenvalue weighted by Gasteiger charge is 2.14. The van der Waals surface area contributed by atoms with Gasteiger partial charge >= 0.3 is 5.97 Å². The van der Waals surface area contributed by atoms with E-state index in [1.165, 1.54) is 0 Å². The Labute approximate surface area is 99.4 Å². The summed E-state index contributed by atoms with van der Waals surface area (Å²) >= 11 is 0. The molecule has 90 valence electrons. The Bertz CT molecular complexity index is 584. The minimum absolute atomic E-state index is 0.315. The average Bonchev–Trinajstić information content (AvgIpc) is 2.65. The van der Waals surface area contributed by atoms with Crippen LogP contribution in [0.1, 0.15) is 23.0 Å². The number of benzene rings is 1. The highest BCUT2D eigenvalue weighted by molar-refractivity contribution is 5.95. The highest BCUT2D eigenvalue weighted by Crippen LogP contribution is 2.28. The lowest BCUT2D eigenvalue weighted by Crippen LogP contribution is -2.06. The molecule has 0 amide bonds. The first-order valence-electron chi connectivity index (χ1n) is 5.49. The van der Waals surface area contributed by atoms with Crippen molar-refractivity contribution in [3.05, 3.63) is 29.5 Å². The van der Waals surface area contributed by atoms with Gasteiger partial charge in [0.25, 0.3) is 0 Å². The first kappa shape index (κ1) is 11.5. The van der Waals surface area contributed by atoms with E-state index in [0.29, 0.717) is 12.2 Å². The number of nitrogens with zero attached hydrogens (tertiary/aromatic N) is 1. The van der Waals surface area contributed by atoms with Crippen LogP contribution >= 0.6 is 0 Å². The molecule has 0 saturated heterocycles. The number of carbonyl (C=O) groups is 1. The highest BCUT2D eigenvalue weighted by atomic mass is 16.5. The van der Waals surface area contributed by atoms with Gasteiger partial charge in [0.15, 0.2) is 0 Å². The summed E-state index contributed by atoms with van der Waals surface area (Å²) in [6, 6.07) is 5.52. The van der Waals surface area contributed by atoms with Crippen LogP contribution in [0.4, 0.5) is 0 Å². The summed E-state index contributed by atoms with van der Waals surface area (Å²) in [5.74, 6) is -0.123. The van der Waals surface area contributed by atoms with E-state index in [1.807, 2.05) is 26.0 Å². The van der Waals surface area contributed by atoms with E-state index < -0.39 is 5.97 Å². The summed E-state index contributed by atoms with van der Waals surface area (Å²) in [6.07, 6.45) is 0. The van der Waals surface area contributed by atoms with Gasteiger partial charge in [-0.05, 0) is 37.6 Å². The molecule has 1 aromatic carbocycles. The van der Waals surface area contributed by atoms with Crippen molar-refractivity contribution >= 4 is 16.9 Å². The molecule has 0 aliphatic carbocycles. The van der Waals surface area contributed by atoms with Crippen LogP contribution in [0, 0.1) is 6.92 Å². The molecule has 0 aliphatic rings. The molecule has 4 heteroatoms. The van der Waals surface area contributed by atoms with E-state index in [4.69, 9.17) is 9.84 Å². The number of aromatic nitrogens is 1. The zero-order valence-electron chi connectivity index (χ0n) is 10.2. The van der Waals surface area contributed by atoms with Gasteiger partial charge in [-0.1, -0.05) is 0 Å². The second-order valence-corrected chi connectivity index (χ2v) is 3.96. The summed E-state index contributed by atoms with van der Waals surface area (Å²) in [4.78, 5) is 11.1. The molecule has 0 unspecified atom stereocenters. The largest absolute Gasteiger partial charge is 0.496 e. The SMILES string of the molecule is CCn1c(C(=O)O)cc2cc(OC)c(C)cc21. The Morgan fingerprint density at radius 2 is 2.12 bits per heavy atom. The Balaban J connectivity index is 2.78. The van der Waals surface area contributed by atoms with Crippen LogP contribution < -0.4 is 4.74 Å². The van der Waals surface area contributed by atoms with Gasteiger partial charge in [0, 0.05) is 17.4 Å². The van der Waals surface area contributed by atoms with Crippen molar-refractivity contribution in [2.45, 2.75) is 20.4 Å². The number of fused-ring (bicyclic) bond motifs is 1. The maximum atomic E-state index is 11.1. The monoisotopic (exact) mass is 233 g/mol. The Morgan fingerprint density at radius 1 is 1.41 bits per heavy atom. The lowest BCUT2D eigenvalue weighted by molar-refractivity contribution is 0.0686. The second kappa shape index (κ2) is 4.13. The number of carboxylic acids is 1. The van der Waals surface area contributed by atoms with E-state index in [1.54, 1.807) is 17.7 Å². The molecule has 0 fully saturated rings. The van der Waals surface area contributed by atoms with Crippen molar-refractivity contribution in [1.29, 1.82) is 0 Å². The molecule has 2 rings (SSSR count). The fraction of sp³-hybridized carbons (Fsp3) is 0.308. The van der Waals surface area contributed by atoms with E-state index in [-0.39, 0.29) is 0 Å². The molecular weight excluding hydrogens is 218 g/mol. The first-order chi connectivity index (χ1) is 8.08. The van der Waals surface area contributed by atoms with Crippen molar-refractivity contribution in [2.24, 2.45) is 0 Å². The molecule has 1 N–H and O–H groups in total. The van der Waals surface area contributed by atoms with Crippen LogP contribution in [0.5, 0.6) is 5.75 Å². The number of carboxylic acid groups (broad SMARTS) is 1. The Kier molecular flexibility index (Phi) is 2.79. The van der Waals surface area contributed by atoms with E-state index in [0.717, 1.165) is 22.2 Å². The minimum atomic E-state index is -0.903. The third-order valence-electron chi connectivity index (χ3n) is 2.95. The number of methoxy groups -OCH3 is 1. The van der Waals surface area contributed by atoms with Gasteiger partial charge in [0.1, 0.15) is 11.4 Å². The molecule has 0 radical (unpaired) electrons. The fourth-order valence-electron chi connectivity index (χ4n) is 2.13. The number of aryl methyl sites for hydroxylation is 2. The lowest BCUT2D eigenvalue weighted by atomic mass is 10.1. The predicted molar refractivity (Wildman–Crippen MR) is 65.9 cm³/mol. The number of ether oxygens (including phenoxy) is 1. The molecule has 0 aliphatic heterocycles. The maximum Gasteiger partial charge on any atom is 0.352 e. The zero-order valence-corrected chi connectivity index (χ0v) is 10.2. The van der Waals surface area contributed by atoms with Crippen molar-refractivity contribution in [1.82, 2.24) is 4.57 Å². The number of hydrogen-bond donors (Lipinski definition) is 1. The molecule has 0 saturated carbocycles. The summed E-state index contributed by atoms with van der Waals surface area (Å²) < 4.78 is 7.04. The molecule has 0 atom stereocenters. The van der Waals surface area contributed by atoms with Gasteiger partial charge < -0.3 is 14.4 Å². The molecule has 1 heterocycles. The summed E-state index contributed by atoms with van der Waals surface area (Å²) in [6.45, 7) is 4.52. The van der Waals surface area contributed by atoms with E-state index in [2.05, 4.69) is 0 Å². The van der Waals surface area contributed by atoms with Gasteiger partial charge in [0.05, 0.1) is 7.11 Å². The van der Waals surface area contributed by atoms with Gasteiger partial charge in [0.2, 0.25) is 0 Å². The normalized spacial score (nSPS) is 10.8.